The molecular formula is C21H24FN5O. The number of nitrogens with zero attached hydrogens (tertiary/aromatic N) is 4. The highest BCUT2D eigenvalue weighted by Gasteiger charge is 2.32. The van der Waals surface area contributed by atoms with Crippen molar-refractivity contribution in [2.24, 2.45) is 0 Å². The molecule has 1 unspecified atom stereocenters. The SMILES string of the molecule is Cc1cc(F)ccc1C1C(=O)NCCN1Cc1cnc2c(cnn2C(C)C)c1. The smallest absolute Gasteiger partial charge is 0.242 e. The summed E-state index contributed by atoms with van der Waals surface area (Å²) in [5, 5.41) is 8.34. The van der Waals surface area contributed by atoms with E-state index in [4.69, 9.17) is 0 Å². The second-order valence-electron chi connectivity index (χ2n) is 7.60. The summed E-state index contributed by atoms with van der Waals surface area (Å²) in [6.45, 7) is 7.89. The van der Waals surface area contributed by atoms with Gasteiger partial charge in [-0.15, -0.1) is 0 Å². The van der Waals surface area contributed by atoms with E-state index in [9.17, 15) is 9.18 Å². The van der Waals surface area contributed by atoms with Crippen LogP contribution in [-0.2, 0) is 11.3 Å². The maximum absolute atomic E-state index is 13.5. The van der Waals surface area contributed by atoms with Gasteiger partial charge in [0, 0.05) is 37.3 Å². The van der Waals surface area contributed by atoms with Gasteiger partial charge in [0.2, 0.25) is 5.91 Å². The van der Waals surface area contributed by atoms with E-state index in [1.165, 1.54) is 12.1 Å². The van der Waals surface area contributed by atoms with Crippen molar-refractivity contribution in [3.05, 3.63) is 59.2 Å². The van der Waals surface area contributed by atoms with Gasteiger partial charge in [-0.3, -0.25) is 9.69 Å². The van der Waals surface area contributed by atoms with Gasteiger partial charge in [0.15, 0.2) is 5.65 Å². The van der Waals surface area contributed by atoms with Gasteiger partial charge in [0.1, 0.15) is 11.9 Å². The van der Waals surface area contributed by atoms with Crippen LogP contribution in [0.5, 0.6) is 0 Å². The van der Waals surface area contributed by atoms with E-state index >= 15 is 0 Å². The van der Waals surface area contributed by atoms with Crippen LogP contribution in [0, 0.1) is 12.7 Å². The number of carbonyl (C=O) groups is 1. The third-order valence-corrected chi connectivity index (χ3v) is 5.20. The Kier molecular flexibility index (Phi) is 4.85. The van der Waals surface area contributed by atoms with Crippen LogP contribution in [0.4, 0.5) is 4.39 Å². The van der Waals surface area contributed by atoms with Crippen LogP contribution in [0.1, 0.15) is 42.6 Å². The van der Waals surface area contributed by atoms with Crippen molar-refractivity contribution in [3.63, 3.8) is 0 Å². The molecule has 0 saturated carbocycles. The Hall–Kier alpha value is -2.80. The van der Waals surface area contributed by atoms with E-state index in [1.54, 1.807) is 6.07 Å². The predicted octanol–water partition coefficient (Wildman–Crippen LogP) is 3.13. The first-order valence-electron chi connectivity index (χ1n) is 9.54. The second-order valence-corrected chi connectivity index (χ2v) is 7.60. The van der Waals surface area contributed by atoms with E-state index in [-0.39, 0.29) is 17.8 Å². The van der Waals surface area contributed by atoms with Crippen LogP contribution in [-0.4, -0.2) is 38.7 Å². The molecule has 0 aliphatic carbocycles. The molecule has 3 aromatic rings. The highest BCUT2D eigenvalue weighted by Crippen LogP contribution is 2.28. The van der Waals surface area contributed by atoms with Crippen molar-refractivity contribution in [1.29, 1.82) is 0 Å². The lowest BCUT2D eigenvalue weighted by Crippen LogP contribution is -2.49. The third kappa shape index (κ3) is 3.38. The molecule has 1 N–H and O–H groups in total. The number of nitrogens with one attached hydrogen (secondary N) is 1. The Morgan fingerprint density at radius 2 is 2.11 bits per heavy atom. The number of aromatic nitrogens is 3. The van der Waals surface area contributed by atoms with Gasteiger partial charge in [-0.05, 0) is 55.7 Å². The lowest BCUT2D eigenvalue weighted by atomic mass is 9.97. The van der Waals surface area contributed by atoms with Crippen molar-refractivity contribution in [2.75, 3.05) is 13.1 Å². The topological polar surface area (TPSA) is 63.1 Å². The fraction of sp³-hybridized carbons (Fsp3) is 0.381. The normalized spacial score (nSPS) is 18.0. The van der Waals surface area contributed by atoms with E-state index in [2.05, 4.69) is 40.2 Å². The van der Waals surface area contributed by atoms with Crippen LogP contribution < -0.4 is 5.32 Å². The van der Waals surface area contributed by atoms with Crippen molar-refractivity contribution in [1.82, 2.24) is 25.0 Å². The quantitative estimate of drug-likeness (QED) is 0.754. The molecule has 1 aliphatic rings. The minimum Gasteiger partial charge on any atom is -0.353 e. The third-order valence-electron chi connectivity index (χ3n) is 5.20. The Bertz CT molecular complexity index is 1030. The largest absolute Gasteiger partial charge is 0.353 e. The maximum Gasteiger partial charge on any atom is 0.242 e. The molecule has 146 valence electrons. The summed E-state index contributed by atoms with van der Waals surface area (Å²) in [5.74, 6) is -0.344. The van der Waals surface area contributed by atoms with Gasteiger partial charge in [0.05, 0.1) is 6.20 Å². The summed E-state index contributed by atoms with van der Waals surface area (Å²) in [6, 6.07) is 6.48. The molecule has 4 rings (SSSR count). The Morgan fingerprint density at radius 1 is 1.29 bits per heavy atom. The summed E-state index contributed by atoms with van der Waals surface area (Å²) in [7, 11) is 0. The maximum atomic E-state index is 13.5. The lowest BCUT2D eigenvalue weighted by molar-refractivity contribution is -0.129. The number of piperazine rings is 1. The number of rotatable bonds is 4. The number of aryl methyl sites for hydroxylation is 1. The fourth-order valence-corrected chi connectivity index (χ4v) is 3.85. The summed E-state index contributed by atoms with van der Waals surface area (Å²) in [5.41, 5.74) is 3.50. The lowest BCUT2D eigenvalue weighted by Gasteiger charge is -2.36. The van der Waals surface area contributed by atoms with Crippen molar-refractivity contribution in [3.8, 4) is 0 Å². The molecule has 7 heteroatoms. The molecule has 3 heterocycles. The van der Waals surface area contributed by atoms with Crippen molar-refractivity contribution in [2.45, 2.75) is 39.4 Å². The van der Waals surface area contributed by atoms with Gasteiger partial charge in [-0.1, -0.05) is 6.07 Å². The summed E-state index contributed by atoms with van der Waals surface area (Å²) >= 11 is 0. The minimum atomic E-state index is -0.441. The molecule has 1 aliphatic heterocycles. The number of halogens is 1. The number of hydrogen-bond acceptors (Lipinski definition) is 4. The van der Waals surface area contributed by atoms with Gasteiger partial charge >= 0.3 is 0 Å². The number of benzene rings is 1. The summed E-state index contributed by atoms with van der Waals surface area (Å²) in [4.78, 5) is 19.4. The molecule has 6 nitrogen and oxygen atoms in total. The molecule has 0 radical (unpaired) electrons. The van der Waals surface area contributed by atoms with Gasteiger partial charge in [-0.2, -0.15) is 5.10 Å². The summed E-state index contributed by atoms with van der Waals surface area (Å²) < 4.78 is 15.4. The second kappa shape index (κ2) is 7.31. The summed E-state index contributed by atoms with van der Waals surface area (Å²) in [6.07, 6.45) is 3.68. The molecular weight excluding hydrogens is 357 g/mol. The van der Waals surface area contributed by atoms with Crippen LogP contribution in [0.15, 0.2) is 36.7 Å². The Labute approximate surface area is 163 Å². The highest BCUT2D eigenvalue weighted by molar-refractivity contribution is 5.84. The van der Waals surface area contributed by atoms with E-state index in [0.717, 1.165) is 34.3 Å². The highest BCUT2D eigenvalue weighted by atomic mass is 19.1. The molecule has 1 atom stereocenters. The molecule has 2 aromatic heterocycles. The number of carbonyl (C=O) groups excluding carboxylic acids is 1. The monoisotopic (exact) mass is 381 g/mol. The van der Waals surface area contributed by atoms with Crippen molar-refractivity contribution < 1.29 is 9.18 Å². The van der Waals surface area contributed by atoms with Gasteiger partial charge in [0.25, 0.3) is 0 Å². The van der Waals surface area contributed by atoms with Gasteiger partial charge < -0.3 is 5.32 Å². The standard InChI is InChI=1S/C21H24FN5O/c1-13(2)27-20-16(11-25-27)9-15(10-24-20)12-26-7-6-23-21(28)19(26)18-5-4-17(22)8-14(18)3/h4-5,8-11,13,19H,6-7,12H2,1-3H3,(H,23,28). The molecule has 1 fully saturated rings. The zero-order chi connectivity index (χ0) is 19.8. The number of hydrogen-bond donors (Lipinski definition) is 1. The first-order valence-corrected chi connectivity index (χ1v) is 9.54. The molecule has 1 aromatic carbocycles. The number of pyridine rings is 1. The van der Waals surface area contributed by atoms with Crippen LogP contribution in [0.25, 0.3) is 11.0 Å². The average Bonchev–Trinajstić information content (AvgIpc) is 3.06. The number of fused-ring (bicyclic) bond motifs is 1. The Morgan fingerprint density at radius 3 is 2.86 bits per heavy atom. The molecule has 1 saturated heterocycles. The first kappa shape index (κ1) is 18.6. The fourth-order valence-electron chi connectivity index (χ4n) is 3.85. The van der Waals surface area contributed by atoms with Crippen LogP contribution in [0.3, 0.4) is 0 Å². The van der Waals surface area contributed by atoms with Crippen LogP contribution >= 0.6 is 0 Å². The van der Waals surface area contributed by atoms with Gasteiger partial charge in [-0.25, -0.2) is 14.1 Å². The minimum absolute atomic E-state index is 0.0531. The molecule has 0 bridgehead atoms. The zero-order valence-electron chi connectivity index (χ0n) is 16.3. The van der Waals surface area contributed by atoms with Crippen LogP contribution in [0.2, 0.25) is 0 Å². The zero-order valence-corrected chi connectivity index (χ0v) is 16.3. The molecule has 28 heavy (non-hydrogen) atoms. The average molecular weight is 381 g/mol. The Balaban J connectivity index is 1.65. The van der Waals surface area contributed by atoms with E-state index < -0.39 is 6.04 Å². The molecule has 0 spiro atoms. The van der Waals surface area contributed by atoms with E-state index in [1.807, 2.05) is 24.0 Å². The predicted molar refractivity (Wildman–Crippen MR) is 105 cm³/mol. The van der Waals surface area contributed by atoms with Crippen molar-refractivity contribution >= 4 is 16.9 Å². The number of amides is 1. The van der Waals surface area contributed by atoms with E-state index in [0.29, 0.717) is 13.1 Å². The first-order chi connectivity index (χ1) is 13.4. The molecule has 1 amide bonds.